The van der Waals surface area contributed by atoms with Gasteiger partial charge in [0, 0.05) is 11.6 Å². The number of nitrogens with zero attached hydrogens (tertiary/aromatic N) is 2. The molecule has 0 aliphatic rings. The van der Waals surface area contributed by atoms with Crippen LogP contribution in [-0.2, 0) is 12.7 Å². The number of rotatable bonds is 6. The molecule has 0 unspecified atom stereocenters. The van der Waals surface area contributed by atoms with Crippen molar-refractivity contribution in [3.05, 3.63) is 119 Å². The molecule has 0 aliphatic heterocycles. The van der Waals surface area contributed by atoms with Gasteiger partial charge in [0.1, 0.15) is 29.4 Å². The lowest BCUT2D eigenvalue weighted by Gasteiger charge is -2.19. The SMILES string of the molecule is COc1ccc(Oc2ccccc2C[n+]2c([O-])c(-c3cccc(C(F)(F)F)c3)c(=O)n3ccccc32)cc1. The number of halogens is 3. The molecule has 0 N–H and O–H groups in total. The zero-order valence-electron chi connectivity index (χ0n) is 20.1. The highest BCUT2D eigenvalue weighted by molar-refractivity contribution is 5.67. The first kappa shape index (κ1) is 24.9. The van der Waals surface area contributed by atoms with E-state index < -0.39 is 23.2 Å². The van der Waals surface area contributed by atoms with E-state index >= 15 is 0 Å². The Bertz CT molecular complexity index is 1680. The van der Waals surface area contributed by atoms with Crippen LogP contribution in [0.3, 0.4) is 0 Å². The van der Waals surface area contributed by atoms with Crippen molar-refractivity contribution in [1.82, 2.24) is 4.40 Å². The second-order valence-corrected chi connectivity index (χ2v) is 8.46. The molecule has 0 atom stereocenters. The molecule has 9 heteroatoms. The van der Waals surface area contributed by atoms with Gasteiger partial charge in [-0.2, -0.15) is 17.6 Å². The number of ether oxygens (including phenoxy) is 2. The lowest BCUT2D eigenvalue weighted by atomic mass is 10.0. The average molecular weight is 518 g/mol. The Morgan fingerprint density at radius 1 is 0.895 bits per heavy atom. The van der Waals surface area contributed by atoms with Crippen LogP contribution < -0.4 is 24.7 Å². The number of alkyl halides is 3. The summed E-state index contributed by atoms with van der Waals surface area (Å²) in [7, 11) is 1.56. The average Bonchev–Trinajstić information content (AvgIpc) is 2.92. The van der Waals surface area contributed by atoms with E-state index in [0.717, 1.165) is 12.1 Å². The van der Waals surface area contributed by atoms with Crippen molar-refractivity contribution in [1.29, 1.82) is 0 Å². The fourth-order valence-corrected chi connectivity index (χ4v) is 4.20. The van der Waals surface area contributed by atoms with E-state index in [4.69, 9.17) is 9.47 Å². The van der Waals surface area contributed by atoms with Crippen LogP contribution in [0, 0.1) is 0 Å². The smallest absolute Gasteiger partial charge is 0.416 e. The summed E-state index contributed by atoms with van der Waals surface area (Å²) in [5.41, 5.74) is -1.19. The maximum Gasteiger partial charge on any atom is 0.416 e. The molecule has 2 aromatic heterocycles. The van der Waals surface area contributed by atoms with E-state index in [1.807, 2.05) is 0 Å². The molecule has 2 heterocycles. The van der Waals surface area contributed by atoms with Crippen molar-refractivity contribution >= 4 is 5.65 Å². The highest BCUT2D eigenvalue weighted by Gasteiger charge is 2.31. The Balaban J connectivity index is 1.63. The normalized spacial score (nSPS) is 11.5. The van der Waals surface area contributed by atoms with Crippen LogP contribution >= 0.6 is 0 Å². The first-order valence-corrected chi connectivity index (χ1v) is 11.6. The Hall–Kier alpha value is -4.79. The predicted octanol–water partition coefficient (Wildman–Crippen LogP) is 5.20. The first-order valence-electron chi connectivity index (χ1n) is 11.6. The minimum absolute atomic E-state index is 0.00488. The molecule has 0 saturated heterocycles. The van der Waals surface area contributed by atoms with Gasteiger partial charge in [-0.05, 0) is 54.1 Å². The Kier molecular flexibility index (Phi) is 6.50. The summed E-state index contributed by atoms with van der Waals surface area (Å²) in [6.07, 6.45) is -3.15. The number of fused-ring (bicyclic) bond motifs is 1. The van der Waals surface area contributed by atoms with Gasteiger partial charge in [-0.15, -0.1) is 0 Å². The molecule has 0 fully saturated rings. The molecule has 0 bridgehead atoms. The van der Waals surface area contributed by atoms with Gasteiger partial charge in [-0.25, -0.2) is 9.36 Å². The third kappa shape index (κ3) is 4.78. The third-order valence-corrected chi connectivity index (χ3v) is 6.07. The van der Waals surface area contributed by atoms with Gasteiger partial charge in [0.15, 0.2) is 0 Å². The molecule has 5 aromatic rings. The zero-order chi connectivity index (χ0) is 26.9. The summed E-state index contributed by atoms with van der Waals surface area (Å²) in [5, 5.41) is 13.7. The molecule has 3 aromatic carbocycles. The number of methoxy groups -OCH3 is 1. The number of benzene rings is 3. The van der Waals surface area contributed by atoms with Crippen molar-refractivity contribution in [2.45, 2.75) is 12.7 Å². The van der Waals surface area contributed by atoms with Crippen LogP contribution in [0.15, 0.2) is 102 Å². The number of para-hydroxylation sites is 1. The van der Waals surface area contributed by atoms with Crippen molar-refractivity contribution in [2.24, 2.45) is 0 Å². The van der Waals surface area contributed by atoms with Gasteiger partial charge in [-0.3, -0.25) is 0 Å². The number of hydrogen-bond donors (Lipinski definition) is 0. The van der Waals surface area contributed by atoms with E-state index in [9.17, 15) is 23.1 Å². The number of pyridine rings is 1. The molecule has 5 rings (SSSR count). The van der Waals surface area contributed by atoms with E-state index in [-0.39, 0.29) is 23.3 Å². The second-order valence-electron chi connectivity index (χ2n) is 8.46. The van der Waals surface area contributed by atoms with E-state index in [0.29, 0.717) is 22.8 Å². The van der Waals surface area contributed by atoms with E-state index in [2.05, 4.69) is 0 Å². The van der Waals surface area contributed by atoms with E-state index in [1.165, 1.54) is 27.3 Å². The lowest BCUT2D eigenvalue weighted by molar-refractivity contribution is -0.708. The highest BCUT2D eigenvalue weighted by Crippen LogP contribution is 2.33. The first-order chi connectivity index (χ1) is 18.3. The predicted molar refractivity (Wildman–Crippen MR) is 132 cm³/mol. The maximum atomic E-state index is 13.7. The van der Waals surface area contributed by atoms with Gasteiger partial charge in [0.05, 0.1) is 24.8 Å². The molecule has 192 valence electrons. The summed E-state index contributed by atoms with van der Waals surface area (Å²) in [6, 6.07) is 23.2. The van der Waals surface area contributed by atoms with Crippen LogP contribution in [0.5, 0.6) is 23.1 Å². The topological polar surface area (TPSA) is 66.9 Å². The fraction of sp³-hybridized carbons (Fsp3) is 0.103. The van der Waals surface area contributed by atoms with Gasteiger partial charge < -0.3 is 14.6 Å². The van der Waals surface area contributed by atoms with Crippen LogP contribution in [-0.4, -0.2) is 11.5 Å². The molecule has 0 saturated carbocycles. The van der Waals surface area contributed by atoms with Gasteiger partial charge in [0.2, 0.25) is 0 Å². The van der Waals surface area contributed by atoms with Crippen molar-refractivity contribution < 1.29 is 32.3 Å². The second kappa shape index (κ2) is 9.93. The summed E-state index contributed by atoms with van der Waals surface area (Å²) in [4.78, 5) is 13.3. The molecular formula is C29H21F3N2O4. The molecule has 0 aliphatic carbocycles. The van der Waals surface area contributed by atoms with Crippen LogP contribution in [0.1, 0.15) is 11.1 Å². The minimum atomic E-state index is -4.63. The van der Waals surface area contributed by atoms with Crippen molar-refractivity contribution in [2.75, 3.05) is 7.11 Å². The van der Waals surface area contributed by atoms with Crippen LogP contribution in [0.2, 0.25) is 0 Å². The summed E-state index contributed by atoms with van der Waals surface area (Å²) in [6.45, 7) is 0.00488. The highest BCUT2D eigenvalue weighted by atomic mass is 19.4. The minimum Gasteiger partial charge on any atom is -0.842 e. The number of aromatic nitrogens is 2. The van der Waals surface area contributed by atoms with Crippen molar-refractivity contribution in [3.8, 4) is 34.3 Å². The Morgan fingerprint density at radius 3 is 2.34 bits per heavy atom. The molecule has 0 amide bonds. The summed E-state index contributed by atoms with van der Waals surface area (Å²) >= 11 is 0. The van der Waals surface area contributed by atoms with Gasteiger partial charge in [0.25, 0.3) is 5.65 Å². The summed E-state index contributed by atoms with van der Waals surface area (Å²) in [5.74, 6) is 0.982. The standard InChI is InChI=1S/C29H21F3N2O4/c1-37-22-12-14-23(15-13-22)38-24-10-3-2-7-20(24)18-34-25-11-4-5-16-33(25)27(35)26(28(34)36)19-8-6-9-21(17-19)29(30,31)32/h2-17H,18H2,1H3. The van der Waals surface area contributed by atoms with E-state index in [1.54, 1.807) is 73.8 Å². The summed E-state index contributed by atoms with van der Waals surface area (Å²) < 4.78 is 54.0. The molecule has 0 spiro atoms. The monoisotopic (exact) mass is 518 g/mol. The molecule has 0 radical (unpaired) electrons. The Labute approximate surface area is 215 Å². The Morgan fingerprint density at radius 2 is 1.61 bits per heavy atom. The zero-order valence-corrected chi connectivity index (χ0v) is 20.1. The largest absolute Gasteiger partial charge is 0.842 e. The third-order valence-electron chi connectivity index (χ3n) is 6.07. The maximum absolute atomic E-state index is 13.7. The number of hydrogen-bond acceptors (Lipinski definition) is 4. The molecular weight excluding hydrogens is 497 g/mol. The van der Waals surface area contributed by atoms with Gasteiger partial charge in [-0.1, -0.05) is 36.4 Å². The molecule has 6 nitrogen and oxygen atoms in total. The quantitative estimate of drug-likeness (QED) is 0.290. The van der Waals surface area contributed by atoms with Gasteiger partial charge >= 0.3 is 11.7 Å². The van der Waals surface area contributed by atoms with Crippen LogP contribution in [0.25, 0.3) is 16.8 Å². The lowest BCUT2D eigenvalue weighted by Crippen LogP contribution is -2.44. The van der Waals surface area contributed by atoms with Crippen molar-refractivity contribution in [3.63, 3.8) is 0 Å². The fourth-order valence-electron chi connectivity index (χ4n) is 4.20. The molecule has 38 heavy (non-hydrogen) atoms. The van der Waals surface area contributed by atoms with Crippen LogP contribution in [0.4, 0.5) is 13.2 Å².